The highest BCUT2D eigenvalue weighted by Gasteiger charge is 2.39. The van der Waals surface area contributed by atoms with Crippen molar-refractivity contribution in [2.24, 2.45) is 0 Å². The van der Waals surface area contributed by atoms with E-state index in [4.69, 9.17) is 4.74 Å². The molecule has 120 valence electrons. The summed E-state index contributed by atoms with van der Waals surface area (Å²) in [7, 11) is 6.68. The monoisotopic (exact) mass is 285 g/mol. The van der Waals surface area contributed by atoms with Crippen molar-refractivity contribution in [3.63, 3.8) is 0 Å². The summed E-state index contributed by atoms with van der Waals surface area (Å²) < 4.78 is 5.54. The van der Waals surface area contributed by atoms with Crippen molar-refractivity contribution in [3.05, 3.63) is 0 Å². The lowest BCUT2D eigenvalue weighted by atomic mass is 9.75. The molecule has 0 aliphatic heterocycles. The van der Waals surface area contributed by atoms with Gasteiger partial charge in [0.05, 0.1) is 6.61 Å². The lowest BCUT2D eigenvalue weighted by molar-refractivity contribution is 0.0280. The van der Waals surface area contributed by atoms with Crippen LogP contribution in [0.25, 0.3) is 0 Å². The maximum Gasteiger partial charge on any atom is 0.0590 e. The van der Waals surface area contributed by atoms with E-state index < -0.39 is 0 Å². The zero-order valence-corrected chi connectivity index (χ0v) is 14.1. The number of nitrogens with zero attached hydrogens (tertiary/aromatic N) is 2. The molecule has 1 aliphatic carbocycles. The first-order valence-electron chi connectivity index (χ1n) is 8.25. The van der Waals surface area contributed by atoms with Crippen LogP contribution in [0.2, 0.25) is 0 Å². The number of ether oxygens (including phenoxy) is 1. The summed E-state index contributed by atoms with van der Waals surface area (Å²) in [5, 5.41) is 3.46. The Morgan fingerprint density at radius 1 is 1.10 bits per heavy atom. The Kier molecular flexibility index (Phi) is 8.69. The van der Waals surface area contributed by atoms with Gasteiger partial charge in [0.25, 0.3) is 0 Å². The Labute approximate surface area is 125 Å². The molecule has 0 bridgehead atoms. The van der Waals surface area contributed by atoms with Crippen LogP contribution in [0.1, 0.15) is 39.0 Å². The molecule has 1 N–H and O–H groups in total. The van der Waals surface area contributed by atoms with Gasteiger partial charge in [-0.05, 0) is 46.8 Å². The number of hydrogen-bond acceptors (Lipinski definition) is 4. The van der Waals surface area contributed by atoms with Crippen molar-refractivity contribution in [1.29, 1.82) is 0 Å². The van der Waals surface area contributed by atoms with Crippen molar-refractivity contribution >= 4 is 0 Å². The van der Waals surface area contributed by atoms with Crippen molar-refractivity contribution < 1.29 is 4.74 Å². The number of unbranched alkanes of at least 4 members (excludes halogenated alkanes) is 1. The average Bonchev–Trinajstić information content (AvgIpc) is 2.36. The molecule has 4 nitrogen and oxygen atoms in total. The SMILES string of the molecule is CCCCOCCNCCN(C)CC1(N(C)C)CCC1. The van der Waals surface area contributed by atoms with Crippen LogP contribution in [-0.4, -0.2) is 75.9 Å². The molecule has 0 spiro atoms. The van der Waals surface area contributed by atoms with E-state index in [1.54, 1.807) is 0 Å². The molecule has 1 aliphatic rings. The van der Waals surface area contributed by atoms with Crippen LogP contribution in [-0.2, 0) is 4.74 Å². The molecule has 20 heavy (non-hydrogen) atoms. The smallest absolute Gasteiger partial charge is 0.0590 e. The van der Waals surface area contributed by atoms with Crippen LogP contribution < -0.4 is 5.32 Å². The number of likely N-dealkylation sites (N-methyl/N-ethyl adjacent to an activating group) is 2. The van der Waals surface area contributed by atoms with Gasteiger partial charge in [0, 0.05) is 38.3 Å². The van der Waals surface area contributed by atoms with E-state index in [2.05, 4.69) is 43.2 Å². The summed E-state index contributed by atoms with van der Waals surface area (Å²) in [5.74, 6) is 0. The minimum atomic E-state index is 0.442. The van der Waals surface area contributed by atoms with Crippen molar-refractivity contribution in [3.8, 4) is 0 Å². The Hall–Kier alpha value is -0.160. The molecule has 4 heteroatoms. The Balaban J connectivity index is 1.99. The van der Waals surface area contributed by atoms with E-state index in [9.17, 15) is 0 Å². The molecule has 1 rings (SSSR count). The quantitative estimate of drug-likeness (QED) is 0.554. The number of hydrogen-bond donors (Lipinski definition) is 1. The van der Waals surface area contributed by atoms with Crippen LogP contribution in [0.5, 0.6) is 0 Å². The third-order valence-corrected chi connectivity index (χ3v) is 4.53. The highest BCUT2D eigenvalue weighted by molar-refractivity contribution is 4.97. The van der Waals surface area contributed by atoms with Gasteiger partial charge in [-0.3, -0.25) is 0 Å². The zero-order chi connectivity index (χ0) is 14.8. The van der Waals surface area contributed by atoms with Gasteiger partial charge in [-0.2, -0.15) is 0 Å². The van der Waals surface area contributed by atoms with Gasteiger partial charge in [-0.1, -0.05) is 13.3 Å². The standard InChI is InChI=1S/C16H35N3O/c1-5-6-13-20-14-11-17-10-12-19(4)15-16(18(2)3)8-7-9-16/h17H,5-15H2,1-4H3. The Morgan fingerprint density at radius 2 is 1.85 bits per heavy atom. The highest BCUT2D eigenvalue weighted by atomic mass is 16.5. The predicted molar refractivity (Wildman–Crippen MR) is 86.4 cm³/mol. The van der Waals surface area contributed by atoms with E-state index >= 15 is 0 Å². The molecular formula is C16H35N3O. The summed E-state index contributed by atoms with van der Waals surface area (Å²) in [5.41, 5.74) is 0.442. The second-order valence-corrected chi connectivity index (χ2v) is 6.43. The van der Waals surface area contributed by atoms with Crippen LogP contribution in [0.3, 0.4) is 0 Å². The van der Waals surface area contributed by atoms with Crippen LogP contribution in [0.4, 0.5) is 0 Å². The van der Waals surface area contributed by atoms with Gasteiger partial charge in [-0.15, -0.1) is 0 Å². The normalized spacial score (nSPS) is 17.7. The van der Waals surface area contributed by atoms with Crippen molar-refractivity contribution in [1.82, 2.24) is 15.1 Å². The predicted octanol–water partition coefficient (Wildman–Crippen LogP) is 1.81. The lowest BCUT2D eigenvalue weighted by Gasteiger charge is -2.49. The Bertz CT molecular complexity index is 242. The maximum atomic E-state index is 5.54. The summed E-state index contributed by atoms with van der Waals surface area (Å²) in [6.07, 6.45) is 6.48. The minimum Gasteiger partial charge on any atom is -0.380 e. The van der Waals surface area contributed by atoms with Gasteiger partial charge in [-0.25, -0.2) is 0 Å². The molecule has 0 heterocycles. The van der Waals surface area contributed by atoms with E-state index in [0.29, 0.717) is 5.54 Å². The van der Waals surface area contributed by atoms with Crippen LogP contribution in [0.15, 0.2) is 0 Å². The number of nitrogens with one attached hydrogen (secondary N) is 1. The fourth-order valence-corrected chi connectivity index (χ4v) is 2.80. The van der Waals surface area contributed by atoms with Gasteiger partial charge in [0.15, 0.2) is 0 Å². The maximum absolute atomic E-state index is 5.54. The first-order chi connectivity index (χ1) is 9.60. The van der Waals surface area contributed by atoms with Crippen LogP contribution >= 0.6 is 0 Å². The first-order valence-corrected chi connectivity index (χ1v) is 8.25. The zero-order valence-electron chi connectivity index (χ0n) is 14.1. The number of rotatable bonds is 12. The molecule has 0 aromatic carbocycles. The van der Waals surface area contributed by atoms with Gasteiger partial charge < -0.3 is 19.9 Å². The van der Waals surface area contributed by atoms with E-state index in [1.165, 1.54) is 38.6 Å². The fraction of sp³-hybridized carbons (Fsp3) is 1.00. The van der Waals surface area contributed by atoms with Gasteiger partial charge in [0.1, 0.15) is 0 Å². The topological polar surface area (TPSA) is 27.7 Å². The molecule has 1 saturated carbocycles. The molecule has 0 atom stereocenters. The molecular weight excluding hydrogens is 250 g/mol. The molecule has 0 unspecified atom stereocenters. The van der Waals surface area contributed by atoms with Crippen molar-refractivity contribution in [2.45, 2.75) is 44.6 Å². The molecule has 0 amide bonds. The van der Waals surface area contributed by atoms with Crippen LogP contribution in [0, 0.1) is 0 Å². The lowest BCUT2D eigenvalue weighted by Crippen LogP contribution is -2.57. The van der Waals surface area contributed by atoms with E-state index in [0.717, 1.165) is 32.8 Å². The molecule has 0 saturated heterocycles. The summed E-state index contributed by atoms with van der Waals surface area (Å²) in [6.45, 7) is 8.27. The molecule has 1 fully saturated rings. The summed E-state index contributed by atoms with van der Waals surface area (Å²) in [6, 6.07) is 0. The third-order valence-electron chi connectivity index (χ3n) is 4.53. The fourth-order valence-electron chi connectivity index (χ4n) is 2.80. The highest BCUT2D eigenvalue weighted by Crippen LogP contribution is 2.36. The largest absolute Gasteiger partial charge is 0.380 e. The van der Waals surface area contributed by atoms with Gasteiger partial charge in [0.2, 0.25) is 0 Å². The first kappa shape index (κ1) is 17.9. The summed E-state index contributed by atoms with van der Waals surface area (Å²) in [4.78, 5) is 4.88. The Morgan fingerprint density at radius 3 is 2.40 bits per heavy atom. The molecule has 0 radical (unpaired) electrons. The average molecular weight is 285 g/mol. The third kappa shape index (κ3) is 6.08. The van der Waals surface area contributed by atoms with E-state index in [1.807, 2.05) is 0 Å². The van der Waals surface area contributed by atoms with E-state index in [-0.39, 0.29) is 0 Å². The molecule has 0 aromatic rings. The van der Waals surface area contributed by atoms with Gasteiger partial charge >= 0.3 is 0 Å². The molecule has 0 aromatic heterocycles. The second kappa shape index (κ2) is 9.72. The minimum absolute atomic E-state index is 0.442. The summed E-state index contributed by atoms with van der Waals surface area (Å²) >= 11 is 0. The second-order valence-electron chi connectivity index (χ2n) is 6.43. The van der Waals surface area contributed by atoms with Crippen molar-refractivity contribution in [2.75, 3.05) is 60.5 Å².